The largest absolute Gasteiger partial charge is 0.388 e. The van der Waals surface area contributed by atoms with Gasteiger partial charge in [-0.1, -0.05) is 37.3 Å². The van der Waals surface area contributed by atoms with Crippen LogP contribution in [0.4, 0.5) is 0 Å². The highest BCUT2D eigenvalue weighted by Crippen LogP contribution is 2.19. The quantitative estimate of drug-likeness (QED) is 0.742. The first-order chi connectivity index (χ1) is 6.66. The van der Waals surface area contributed by atoms with Gasteiger partial charge in [0.2, 0.25) is 0 Å². The van der Waals surface area contributed by atoms with E-state index in [0.717, 1.165) is 5.56 Å². The fourth-order valence-electron chi connectivity index (χ4n) is 1.31. The molecule has 0 spiro atoms. The molecular formula is C11H14O3. The van der Waals surface area contributed by atoms with E-state index in [9.17, 15) is 9.90 Å². The zero-order chi connectivity index (χ0) is 10.6. The molecule has 2 unspecified atom stereocenters. The fraction of sp³-hybridized carbons (Fsp3) is 0.364. The molecule has 2 N–H and O–H groups in total. The fourth-order valence-corrected chi connectivity index (χ4v) is 1.31. The Morgan fingerprint density at radius 2 is 1.93 bits per heavy atom. The molecule has 0 amide bonds. The van der Waals surface area contributed by atoms with E-state index in [1.165, 1.54) is 0 Å². The van der Waals surface area contributed by atoms with Crippen LogP contribution in [0.3, 0.4) is 0 Å². The number of hydrogen-bond acceptors (Lipinski definition) is 3. The van der Waals surface area contributed by atoms with E-state index >= 15 is 0 Å². The molecule has 0 fully saturated rings. The average molecular weight is 194 g/mol. The Morgan fingerprint density at radius 3 is 2.43 bits per heavy atom. The highest BCUT2D eigenvalue weighted by Gasteiger charge is 2.22. The highest BCUT2D eigenvalue weighted by molar-refractivity contribution is 5.84. The third kappa shape index (κ3) is 2.40. The predicted molar refractivity (Wildman–Crippen MR) is 53.0 cm³/mol. The summed E-state index contributed by atoms with van der Waals surface area (Å²) in [4.78, 5) is 11.0. The van der Waals surface area contributed by atoms with Crippen molar-refractivity contribution in [3.63, 3.8) is 0 Å². The molecule has 0 aliphatic rings. The molecule has 1 rings (SSSR count). The summed E-state index contributed by atoms with van der Waals surface area (Å²) in [5.74, 6) is -0.822. The number of Topliss-reactive ketones (excluding diaryl/α,β-unsaturated/α-hetero) is 1. The third-order valence-corrected chi connectivity index (χ3v) is 2.28. The molecular weight excluding hydrogens is 180 g/mol. The second kappa shape index (κ2) is 4.88. The van der Waals surface area contributed by atoms with E-state index in [1.807, 2.05) is 30.3 Å². The van der Waals surface area contributed by atoms with Gasteiger partial charge in [-0.15, -0.1) is 0 Å². The van der Waals surface area contributed by atoms with Gasteiger partial charge >= 0.3 is 0 Å². The second-order valence-electron chi connectivity index (χ2n) is 3.27. The number of carbonyl (C=O) groups excluding carboxylic acids is 1. The van der Waals surface area contributed by atoms with Gasteiger partial charge in [-0.25, -0.2) is 0 Å². The standard InChI is InChI=1S/C11H14O3/c1-8(11(14)10(13)7-12)9-5-3-2-4-6-9/h2-6,8,11-12,14H,7H2,1H3. The number of hydrogen-bond donors (Lipinski definition) is 2. The zero-order valence-electron chi connectivity index (χ0n) is 8.05. The van der Waals surface area contributed by atoms with Crippen molar-refractivity contribution in [2.24, 2.45) is 0 Å². The Bertz CT molecular complexity index is 295. The van der Waals surface area contributed by atoms with Crippen LogP contribution >= 0.6 is 0 Å². The van der Waals surface area contributed by atoms with E-state index in [2.05, 4.69) is 0 Å². The van der Waals surface area contributed by atoms with E-state index < -0.39 is 18.5 Å². The van der Waals surface area contributed by atoms with Gasteiger partial charge in [-0.2, -0.15) is 0 Å². The number of benzene rings is 1. The lowest BCUT2D eigenvalue weighted by Crippen LogP contribution is -2.28. The van der Waals surface area contributed by atoms with E-state index in [4.69, 9.17) is 5.11 Å². The molecule has 0 aliphatic heterocycles. The Hall–Kier alpha value is -1.19. The third-order valence-electron chi connectivity index (χ3n) is 2.28. The van der Waals surface area contributed by atoms with Crippen LogP contribution in [0.15, 0.2) is 30.3 Å². The van der Waals surface area contributed by atoms with Gasteiger partial charge in [0, 0.05) is 5.92 Å². The maximum absolute atomic E-state index is 11.0. The highest BCUT2D eigenvalue weighted by atomic mass is 16.3. The van der Waals surface area contributed by atoms with Crippen molar-refractivity contribution in [3.05, 3.63) is 35.9 Å². The lowest BCUT2D eigenvalue weighted by molar-refractivity contribution is -0.130. The Kier molecular flexibility index (Phi) is 3.80. The van der Waals surface area contributed by atoms with Gasteiger partial charge in [0.15, 0.2) is 5.78 Å². The maximum atomic E-state index is 11.0. The van der Waals surface area contributed by atoms with Gasteiger partial charge in [0.1, 0.15) is 12.7 Å². The van der Waals surface area contributed by atoms with Gasteiger partial charge in [-0.3, -0.25) is 4.79 Å². The van der Waals surface area contributed by atoms with Crippen LogP contribution in [0.5, 0.6) is 0 Å². The summed E-state index contributed by atoms with van der Waals surface area (Å²) in [6.45, 7) is 1.14. The zero-order valence-corrected chi connectivity index (χ0v) is 8.05. The first-order valence-electron chi connectivity index (χ1n) is 4.53. The molecule has 14 heavy (non-hydrogen) atoms. The Balaban J connectivity index is 2.75. The van der Waals surface area contributed by atoms with E-state index in [-0.39, 0.29) is 5.92 Å². The van der Waals surface area contributed by atoms with Crippen molar-refractivity contribution < 1.29 is 15.0 Å². The molecule has 0 heterocycles. The molecule has 3 nitrogen and oxygen atoms in total. The van der Waals surface area contributed by atoms with Crippen LogP contribution in [-0.2, 0) is 4.79 Å². The number of rotatable bonds is 4. The minimum Gasteiger partial charge on any atom is -0.388 e. The molecule has 76 valence electrons. The summed E-state index contributed by atoms with van der Waals surface area (Å²) in [7, 11) is 0. The van der Waals surface area contributed by atoms with Crippen LogP contribution in [-0.4, -0.2) is 28.7 Å². The van der Waals surface area contributed by atoms with Gasteiger partial charge in [0.25, 0.3) is 0 Å². The monoisotopic (exact) mass is 194 g/mol. The minimum absolute atomic E-state index is 0.282. The Morgan fingerprint density at radius 1 is 1.36 bits per heavy atom. The first-order valence-corrected chi connectivity index (χ1v) is 4.53. The number of ketones is 1. The van der Waals surface area contributed by atoms with Crippen molar-refractivity contribution >= 4 is 5.78 Å². The van der Waals surface area contributed by atoms with Crippen molar-refractivity contribution in [2.45, 2.75) is 18.9 Å². The van der Waals surface area contributed by atoms with E-state index in [1.54, 1.807) is 6.92 Å². The second-order valence-corrected chi connectivity index (χ2v) is 3.27. The van der Waals surface area contributed by atoms with Crippen LogP contribution in [0, 0.1) is 0 Å². The summed E-state index contributed by atoms with van der Waals surface area (Å²) in [6, 6.07) is 9.26. The van der Waals surface area contributed by atoms with E-state index in [0.29, 0.717) is 0 Å². The van der Waals surface area contributed by atoms with Crippen LogP contribution in [0.1, 0.15) is 18.4 Å². The molecule has 1 aromatic carbocycles. The molecule has 0 saturated carbocycles. The molecule has 3 heteroatoms. The lowest BCUT2D eigenvalue weighted by atomic mass is 9.93. The summed E-state index contributed by atoms with van der Waals surface area (Å²) in [5, 5.41) is 18.1. The Labute approximate surface area is 83.0 Å². The number of aliphatic hydroxyl groups excluding tert-OH is 2. The summed E-state index contributed by atoms with van der Waals surface area (Å²) >= 11 is 0. The molecule has 0 aromatic heterocycles. The van der Waals surface area contributed by atoms with Gasteiger partial charge in [0.05, 0.1) is 0 Å². The van der Waals surface area contributed by atoms with Crippen LogP contribution in [0.2, 0.25) is 0 Å². The van der Waals surface area contributed by atoms with Crippen molar-refractivity contribution in [3.8, 4) is 0 Å². The van der Waals surface area contributed by atoms with Crippen LogP contribution < -0.4 is 0 Å². The smallest absolute Gasteiger partial charge is 0.187 e. The maximum Gasteiger partial charge on any atom is 0.187 e. The van der Waals surface area contributed by atoms with Crippen molar-refractivity contribution in [2.75, 3.05) is 6.61 Å². The topological polar surface area (TPSA) is 57.5 Å². The van der Waals surface area contributed by atoms with Crippen LogP contribution in [0.25, 0.3) is 0 Å². The SMILES string of the molecule is CC(c1ccccc1)C(O)C(=O)CO. The average Bonchev–Trinajstić information content (AvgIpc) is 2.27. The molecule has 2 atom stereocenters. The molecule has 0 saturated heterocycles. The normalized spacial score (nSPS) is 14.8. The lowest BCUT2D eigenvalue weighted by Gasteiger charge is -2.16. The summed E-state index contributed by atoms with van der Waals surface area (Å²) in [5.41, 5.74) is 0.891. The minimum atomic E-state index is -1.12. The molecule has 0 radical (unpaired) electrons. The molecule has 0 aliphatic carbocycles. The van der Waals surface area contributed by atoms with Gasteiger partial charge in [-0.05, 0) is 5.56 Å². The number of carbonyl (C=O) groups is 1. The summed E-state index contributed by atoms with van der Waals surface area (Å²) in [6.07, 6.45) is -1.12. The molecule has 1 aromatic rings. The summed E-state index contributed by atoms with van der Waals surface area (Å²) < 4.78 is 0. The van der Waals surface area contributed by atoms with Gasteiger partial charge < -0.3 is 10.2 Å². The van der Waals surface area contributed by atoms with Crippen molar-refractivity contribution in [1.29, 1.82) is 0 Å². The first kappa shape index (κ1) is 10.9. The molecule has 0 bridgehead atoms. The number of aliphatic hydroxyl groups is 2. The predicted octanol–water partition coefficient (Wildman–Crippen LogP) is 0.712. The van der Waals surface area contributed by atoms with Crippen molar-refractivity contribution in [1.82, 2.24) is 0 Å².